The topological polar surface area (TPSA) is 140 Å². The van der Waals surface area contributed by atoms with Gasteiger partial charge in [-0.25, -0.2) is 0 Å². The molecule has 91 heavy (non-hydrogen) atoms. The van der Waals surface area contributed by atoms with Crippen molar-refractivity contribution in [3.05, 3.63) is 251 Å². The number of nitrogens with one attached hydrogen (secondary N) is 1. The van der Waals surface area contributed by atoms with E-state index in [0.29, 0.717) is 87.1 Å². The number of benzene rings is 8. The highest BCUT2D eigenvalue weighted by atomic mass is 16.4. The van der Waals surface area contributed by atoms with Gasteiger partial charge in [0.1, 0.15) is 7.05 Å². The number of rotatable bonds is 26. The molecule has 2 heterocycles. The summed E-state index contributed by atoms with van der Waals surface area (Å²) in [5.41, 5.74) is 17.2. The number of nitrogens with zero attached hydrogens (tertiary/aromatic N) is 4. The zero-order chi connectivity index (χ0) is 64.7. The molecule has 0 spiro atoms. The van der Waals surface area contributed by atoms with Gasteiger partial charge in [-0.2, -0.15) is 4.58 Å². The normalized spacial score (nSPS) is 14.6. The van der Waals surface area contributed by atoms with E-state index in [1.807, 2.05) is 36.4 Å². The van der Waals surface area contributed by atoms with Gasteiger partial charge in [-0.3, -0.25) is 19.4 Å². The highest BCUT2D eigenvalue weighted by Crippen LogP contribution is 2.49. The number of amides is 1. The summed E-state index contributed by atoms with van der Waals surface area (Å²) >= 11 is 0. The van der Waals surface area contributed by atoms with Crippen LogP contribution >= 0.6 is 0 Å². The lowest BCUT2D eigenvalue weighted by Gasteiger charge is -2.28. The Kier molecular flexibility index (Phi) is 20.4. The standard InChI is InChI=1S/C78H85B2N5O6/c1-53(2)73(86)36-22-23-44-84(49-59-26-14-19-33-69(59)79(88)89)52-66-62-31-17-16-30-61(62)65(51-85(45-25-43-81-76(87)54(3)4)50-60-27-15-20-34-70(60)80(90)91)63-41-39-57(47-64(63)66)55-28-24-29-56(46-55)58-40-42-72-68(48-58)78(7,8)75(83(72)10)38-13-11-12-37-74-77(5,6)67-32-18-21-35-71(67)82(74)9/h11-21,24,26-35,37-42,46-48,88-91H,1,3,22-23,25,36,43-45,49-52H2,2,4-10H3/p+1. The molecule has 464 valence electrons. The van der Waals surface area contributed by atoms with Gasteiger partial charge in [0.2, 0.25) is 11.6 Å². The summed E-state index contributed by atoms with van der Waals surface area (Å²) in [6.07, 6.45) is 13.4. The largest absolute Gasteiger partial charge is 0.488 e. The molecule has 8 aromatic carbocycles. The third kappa shape index (κ3) is 14.3. The van der Waals surface area contributed by atoms with Crippen molar-refractivity contribution in [1.82, 2.24) is 15.1 Å². The van der Waals surface area contributed by atoms with Gasteiger partial charge in [-0.1, -0.05) is 173 Å². The minimum atomic E-state index is -1.66. The summed E-state index contributed by atoms with van der Waals surface area (Å²) in [6, 6.07) is 54.5. The SMILES string of the molecule is C=C(C)C(=O)CCCCN(Cc1ccccc1B(O)O)Cc1c2ccccc2c(CN(CCCNC(=O)C(=C)C)Cc2ccccc2B(O)O)c2ccc(-c3cccc(-c4ccc5c(c4)C(C)(C)/C(=C/C=C/C=C/C4=[N+](C)c6ccccc6C4(C)C)N5C)c3)cc12. The van der Waals surface area contributed by atoms with E-state index in [1.165, 1.54) is 33.9 Å². The Morgan fingerprint density at radius 1 is 0.571 bits per heavy atom. The van der Waals surface area contributed by atoms with Crippen LogP contribution in [0, 0.1) is 0 Å². The second kappa shape index (κ2) is 28.3. The quantitative estimate of drug-likeness (QED) is 0.00895. The van der Waals surface area contributed by atoms with Crippen molar-refractivity contribution in [2.24, 2.45) is 0 Å². The smallest absolute Gasteiger partial charge is 0.423 e. The fraction of sp³-hybridized carbons (Fsp3) is 0.269. The van der Waals surface area contributed by atoms with Crippen LogP contribution in [0.4, 0.5) is 11.4 Å². The molecule has 10 rings (SSSR count). The van der Waals surface area contributed by atoms with Crippen LogP contribution in [0.2, 0.25) is 0 Å². The second-order valence-corrected chi connectivity index (χ2v) is 25.8. The van der Waals surface area contributed by atoms with Gasteiger partial charge in [-0.05, 0) is 172 Å². The first-order chi connectivity index (χ1) is 43.6. The zero-order valence-corrected chi connectivity index (χ0v) is 54.1. The van der Waals surface area contributed by atoms with Crippen molar-refractivity contribution >= 4 is 75.5 Å². The summed E-state index contributed by atoms with van der Waals surface area (Å²) in [4.78, 5) is 32.5. The number of para-hydroxylation sites is 1. The van der Waals surface area contributed by atoms with E-state index in [-0.39, 0.29) is 22.5 Å². The first-order valence-electron chi connectivity index (χ1n) is 31.8. The van der Waals surface area contributed by atoms with Gasteiger partial charge in [0.15, 0.2) is 11.5 Å². The summed E-state index contributed by atoms with van der Waals surface area (Å²) < 4.78 is 2.30. The number of fused-ring (bicyclic) bond motifs is 4. The summed E-state index contributed by atoms with van der Waals surface area (Å²) in [5.74, 6) is -0.140. The van der Waals surface area contributed by atoms with E-state index in [4.69, 9.17) is 0 Å². The van der Waals surface area contributed by atoms with Gasteiger partial charge < -0.3 is 30.3 Å². The van der Waals surface area contributed by atoms with Crippen LogP contribution in [0.5, 0.6) is 0 Å². The molecule has 0 saturated carbocycles. The van der Waals surface area contributed by atoms with Crippen molar-refractivity contribution < 1.29 is 34.3 Å². The number of Topliss-reactive ketones (excluding diaryl/α,β-unsaturated/α-hetero) is 1. The molecular weight excluding hydrogens is 1120 g/mol. The van der Waals surface area contributed by atoms with E-state index < -0.39 is 14.2 Å². The molecule has 0 saturated heterocycles. The van der Waals surface area contributed by atoms with Gasteiger partial charge in [0.25, 0.3) is 0 Å². The maximum absolute atomic E-state index is 12.8. The molecule has 0 aliphatic carbocycles. The average Bonchev–Trinajstić information content (AvgIpc) is 1.76. The van der Waals surface area contributed by atoms with Crippen LogP contribution in [0.1, 0.15) is 101 Å². The third-order valence-corrected chi connectivity index (χ3v) is 18.6. The Bertz CT molecular complexity index is 4210. The number of hydrogen-bond donors (Lipinski definition) is 5. The molecule has 13 heteroatoms. The van der Waals surface area contributed by atoms with E-state index in [0.717, 1.165) is 72.5 Å². The number of carbonyl (C=O) groups excluding carboxylic acids is 2. The molecule has 5 N–H and O–H groups in total. The second-order valence-electron chi connectivity index (χ2n) is 25.8. The lowest BCUT2D eigenvalue weighted by atomic mass is 9.77. The van der Waals surface area contributed by atoms with E-state index in [9.17, 15) is 29.7 Å². The maximum Gasteiger partial charge on any atom is 0.488 e. The summed E-state index contributed by atoms with van der Waals surface area (Å²) in [7, 11) is 0.999. The fourth-order valence-corrected chi connectivity index (χ4v) is 13.6. The molecule has 0 fully saturated rings. The Morgan fingerprint density at radius 3 is 1.74 bits per heavy atom. The fourth-order valence-electron chi connectivity index (χ4n) is 13.6. The molecule has 0 unspecified atom stereocenters. The molecule has 1 amide bonds. The molecule has 0 aromatic heterocycles. The lowest BCUT2D eigenvalue weighted by Crippen LogP contribution is -2.36. The Labute approximate surface area is 538 Å². The lowest BCUT2D eigenvalue weighted by molar-refractivity contribution is -0.401. The van der Waals surface area contributed by atoms with Crippen LogP contribution in [-0.4, -0.2) is 99.8 Å². The van der Waals surface area contributed by atoms with Crippen molar-refractivity contribution in [3.8, 4) is 22.3 Å². The first kappa shape index (κ1) is 65.4. The van der Waals surface area contributed by atoms with Crippen molar-refractivity contribution in [2.45, 2.75) is 104 Å². The van der Waals surface area contributed by atoms with Crippen molar-refractivity contribution in [3.63, 3.8) is 0 Å². The molecule has 0 bridgehead atoms. The molecule has 0 atom stereocenters. The van der Waals surface area contributed by atoms with Gasteiger partial charge in [-0.15, -0.1) is 0 Å². The number of anilines is 1. The number of ketones is 1. The highest BCUT2D eigenvalue weighted by molar-refractivity contribution is 6.59. The monoisotopic (exact) mass is 1210 g/mol. The third-order valence-electron chi connectivity index (χ3n) is 18.6. The van der Waals surface area contributed by atoms with E-state index in [2.05, 4.69) is 219 Å². The number of allylic oxidation sites excluding steroid dienone is 7. The molecule has 2 aliphatic rings. The number of likely N-dealkylation sites (N-methyl/N-ethyl adjacent to an activating group) is 1. The molecular formula is C78H86B2N5O6+. The highest BCUT2D eigenvalue weighted by Gasteiger charge is 2.43. The molecule has 0 radical (unpaired) electrons. The number of hydrogen-bond acceptors (Lipinski definition) is 9. The van der Waals surface area contributed by atoms with Gasteiger partial charge >= 0.3 is 14.2 Å². The minimum Gasteiger partial charge on any atom is -0.423 e. The van der Waals surface area contributed by atoms with Gasteiger partial charge in [0.05, 0.1) is 5.41 Å². The number of unbranched alkanes of at least 4 members (excludes halogenated alkanes) is 1. The van der Waals surface area contributed by atoms with Crippen LogP contribution < -0.4 is 21.1 Å². The predicted molar refractivity (Wildman–Crippen MR) is 377 cm³/mol. The van der Waals surface area contributed by atoms with Crippen LogP contribution in [-0.2, 0) is 46.6 Å². The maximum atomic E-state index is 12.8. The zero-order valence-electron chi connectivity index (χ0n) is 54.1. The van der Waals surface area contributed by atoms with E-state index >= 15 is 0 Å². The van der Waals surface area contributed by atoms with Crippen LogP contribution in [0.25, 0.3) is 43.8 Å². The molecule has 8 aromatic rings. The van der Waals surface area contributed by atoms with Gasteiger partial charge in [0, 0.05) is 92.8 Å². The molecule has 2 aliphatic heterocycles. The first-order valence-corrected chi connectivity index (χ1v) is 31.8. The Hall–Kier alpha value is -8.52. The summed E-state index contributed by atoms with van der Waals surface area (Å²) in [6.45, 7) is 23.9. The van der Waals surface area contributed by atoms with E-state index in [1.54, 1.807) is 26.0 Å². The van der Waals surface area contributed by atoms with Crippen molar-refractivity contribution in [2.75, 3.05) is 38.6 Å². The van der Waals surface area contributed by atoms with Crippen molar-refractivity contribution in [1.29, 1.82) is 0 Å². The Morgan fingerprint density at radius 2 is 1.12 bits per heavy atom. The van der Waals surface area contributed by atoms with Crippen LogP contribution in [0.15, 0.2) is 218 Å². The average molecular weight is 1210 g/mol. The Balaban J connectivity index is 1.03. The van der Waals surface area contributed by atoms with Crippen LogP contribution in [0.3, 0.4) is 0 Å². The minimum absolute atomic E-state index is 0.0522. The molecule has 11 nitrogen and oxygen atoms in total. The summed E-state index contributed by atoms with van der Waals surface area (Å²) in [5, 5.41) is 49.7. The number of carbonyl (C=O) groups is 2. The predicted octanol–water partition coefficient (Wildman–Crippen LogP) is 12.5.